The Morgan fingerprint density at radius 3 is 2.80 bits per heavy atom. The molecule has 0 saturated carbocycles. The van der Waals surface area contributed by atoms with Gasteiger partial charge in [0, 0.05) is 21.2 Å². The number of benzene rings is 2. The minimum absolute atomic E-state index is 0.127. The van der Waals surface area contributed by atoms with Gasteiger partial charge in [-0.15, -0.1) is 11.3 Å². The number of rotatable bonds is 2. The van der Waals surface area contributed by atoms with Crippen LogP contribution in [0.15, 0.2) is 46.9 Å². The number of thiazole rings is 1. The number of fused-ring (bicyclic) bond motifs is 4. The lowest BCUT2D eigenvalue weighted by Gasteiger charge is -2.06. The van der Waals surface area contributed by atoms with Crippen molar-refractivity contribution in [2.45, 2.75) is 25.7 Å². The van der Waals surface area contributed by atoms with Crippen LogP contribution in [-0.4, -0.2) is 10.9 Å². The summed E-state index contributed by atoms with van der Waals surface area (Å²) in [6, 6.07) is 13.4. The minimum atomic E-state index is -0.127. The quantitative estimate of drug-likeness (QED) is 0.543. The Balaban J connectivity index is 1.48. The highest BCUT2D eigenvalue weighted by molar-refractivity contribution is 7.15. The number of hydrogen-bond acceptors (Lipinski definition) is 4. The highest BCUT2D eigenvalue weighted by Crippen LogP contribution is 2.31. The van der Waals surface area contributed by atoms with Crippen LogP contribution in [0.4, 0.5) is 5.13 Å². The van der Waals surface area contributed by atoms with Gasteiger partial charge >= 0.3 is 0 Å². The van der Waals surface area contributed by atoms with Gasteiger partial charge in [0.25, 0.3) is 5.91 Å². The van der Waals surface area contributed by atoms with E-state index in [1.54, 1.807) is 17.4 Å². The molecular weight excluding hydrogens is 332 g/mol. The number of hydrogen-bond donors (Lipinski definition) is 1. The van der Waals surface area contributed by atoms with E-state index >= 15 is 0 Å². The normalized spacial score (nSPS) is 13.9. The zero-order valence-corrected chi connectivity index (χ0v) is 14.4. The molecule has 2 aromatic carbocycles. The maximum absolute atomic E-state index is 12.7. The van der Waals surface area contributed by atoms with Crippen LogP contribution in [0.5, 0.6) is 0 Å². The molecule has 4 nitrogen and oxygen atoms in total. The van der Waals surface area contributed by atoms with E-state index in [9.17, 15) is 4.79 Å². The Morgan fingerprint density at radius 2 is 1.88 bits per heavy atom. The first-order valence-corrected chi connectivity index (χ1v) is 9.31. The first kappa shape index (κ1) is 14.7. The molecule has 2 heterocycles. The van der Waals surface area contributed by atoms with Crippen molar-refractivity contribution in [3.63, 3.8) is 0 Å². The highest BCUT2D eigenvalue weighted by Gasteiger charge is 2.17. The standard InChI is InChI=1S/C20H16N2O2S/c23-19(22-20-21-15-6-2-4-8-18(15)25-20)12-9-10-17-14(11-12)13-5-1-3-7-16(13)24-17/h1,3,5,7,9-11H,2,4,6,8H2,(H,21,22,23). The van der Waals surface area contributed by atoms with Crippen molar-refractivity contribution in [3.05, 3.63) is 58.6 Å². The number of amides is 1. The molecule has 0 bridgehead atoms. The second-order valence-corrected chi connectivity index (χ2v) is 7.44. The minimum Gasteiger partial charge on any atom is -0.456 e. The molecule has 0 spiro atoms. The lowest BCUT2D eigenvalue weighted by Crippen LogP contribution is -2.11. The molecule has 5 rings (SSSR count). The number of carbonyl (C=O) groups is 1. The molecule has 5 heteroatoms. The van der Waals surface area contributed by atoms with Crippen LogP contribution < -0.4 is 5.32 Å². The molecule has 0 unspecified atom stereocenters. The van der Waals surface area contributed by atoms with Crippen LogP contribution in [0.3, 0.4) is 0 Å². The summed E-state index contributed by atoms with van der Waals surface area (Å²) < 4.78 is 5.82. The topological polar surface area (TPSA) is 55.1 Å². The second kappa shape index (κ2) is 5.70. The molecule has 0 aliphatic heterocycles. The molecule has 1 aliphatic carbocycles. The number of nitrogens with one attached hydrogen (secondary N) is 1. The average molecular weight is 348 g/mol. The first-order valence-electron chi connectivity index (χ1n) is 8.49. The molecule has 1 N–H and O–H groups in total. The summed E-state index contributed by atoms with van der Waals surface area (Å²) in [6.07, 6.45) is 4.51. The molecule has 2 aromatic heterocycles. The first-order chi connectivity index (χ1) is 12.3. The van der Waals surface area contributed by atoms with Crippen molar-refractivity contribution < 1.29 is 9.21 Å². The van der Waals surface area contributed by atoms with E-state index in [4.69, 9.17) is 4.42 Å². The van der Waals surface area contributed by atoms with Gasteiger partial charge in [0.15, 0.2) is 5.13 Å². The molecule has 0 radical (unpaired) electrons. The third-order valence-corrected chi connectivity index (χ3v) is 5.78. The molecule has 1 amide bonds. The van der Waals surface area contributed by atoms with Gasteiger partial charge in [0.1, 0.15) is 11.2 Å². The lowest BCUT2D eigenvalue weighted by atomic mass is 10.0. The Bertz CT molecular complexity index is 1090. The van der Waals surface area contributed by atoms with Gasteiger partial charge < -0.3 is 4.42 Å². The van der Waals surface area contributed by atoms with Gasteiger partial charge in [-0.25, -0.2) is 4.98 Å². The Kier molecular flexibility index (Phi) is 3.35. The van der Waals surface area contributed by atoms with Crippen LogP contribution in [0.25, 0.3) is 21.9 Å². The summed E-state index contributed by atoms with van der Waals surface area (Å²) in [5.41, 5.74) is 3.40. The fourth-order valence-corrected chi connectivity index (χ4v) is 4.49. The zero-order valence-electron chi connectivity index (χ0n) is 13.5. The van der Waals surface area contributed by atoms with E-state index in [2.05, 4.69) is 10.3 Å². The Labute approximate surface area is 148 Å². The predicted molar refractivity (Wildman–Crippen MR) is 100 cm³/mol. The van der Waals surface area contributed by atoms with Crippen molar-refractivity contribution in [1.29, 1.82) is 0 Å². The fourth-order valence-electron chi connectivity index (χ4n) is 3.44. The summed E-state index contributed by atoms with van der Waals surface area (Å²) >= 11 is 1.60. The van der Waals surface area contributed by atoms with E-state index in [-0.39, 0.29) is 5.91 Å². The molecule has 4 aromatic rings. The number of aryl methyl sites for hydroxylation is 2. The zero-order chi connectivity index (χ0) is 16.8. The number of furan rings is 1. The number of carbonyl (C=O) groups excluding carboxylic acids is 1. The van der Waals surface area contributed by atoms with Crippen molar-refractivity contribution in [2.75, 3.05) is 5.32 Å². The monoisotopic (exact) mass is 348 g/mol. The van der Waals surface area contributed by atoms with E-state index in [0.717, 1.165) is 40.5 Å². The third kappa shape index (κ3) is 2.51. The average Bonchev–Trinajstić information content (AvgIpc) is 3.21. The number of para-hydroxylation sites is 1. The van der Waals surface area contributed by atoms with Gasteiger partial charge in [-0.1, -0.05) is 18.2 Å². The van der Waals surface area contributed by atoms with Gasteiger partial charge in [0.05, 0.1) is 5.69 Å². The van der Waals surface area contributed by atoms with Crippen molar-refractivity contribution in [1.82, 2.24) is 4.98 Å². The predicted octanol–water partition coefficient (Wildman–Crippen LogP) is 5.17. The van der Waals surface area contributed by atoms with Crippen molar-refractivity contribution in [2.24, 2.45) is 0 Å². The Hall–Kier alpha value is -2.66. The molecule has 124 valence electrons. The van der Waals surface area contributed by atoms with Crippen LogP contribution in [0, 0.1) is 0 Å². The van der Waals surface area contributed by atoms with Crippen molar-refractivity contribution in [3.8, 4) is 0 Å². The number of anilines is 1. The fraction of sp³-hybridized carbons (Fsp3) is 0.200. The van der Waals surface area contributed by atoms with Crippen LogP contribution in [0.1, 0.15) is 33.8 Å². The molecular formula is C20H16N2O2S. The summed E-state index contributed by atoms with van der Waals surface area (Å²) in [6.45, 7) is 0. The van der Waals surface area contributed by atoms with Gasteiger partial charge in [-0.3, -0.25) is 10.1 Å². The highest BCUT2D eigenvalue weighted by atomic mass is 32.1. The molecule has 25 heavy (non-hydrogen) atoms. The van der Waals surface area contributed by atoms with E-state index < -0.39 is 0 Å². The lowest BCUT2D eigenvalue weighted by molar-refractivity contribution is 0.102. The summed E-state index contributed by atoms with van der Waals surface area (Å²) in [4.78, 5) is 18.6. The number of aromatic nitrogens is 1. The van der Waals surface area contributed by atoms with Gasteiger partial charge in [0.2, 0.25) is 0 Å². The Morgan fingerprint density at radius 1 is 1.04 bits per heavy atom. The third-order valence-electron chi connectivity index (χ3n) is 4.71. The maximum Gasteiger partial charge on any atom is 0.257 e. The van der Waals surface area contributed by atoms with Crippen LogP contribution in [-0.2, 0) is 12.8 Å². The summed E-state index contributed by atoms with van der Waals surface area (Å²) in [5, 5.41) is 5.65. The van der Waals surface area contributed by atoms with Crippen molar-refractivity contribution >= 4 is 44.3 Å². The largest absolute Gasteiger partial charge is 0.456 e. The van der Waals surface area contributed by atoms with E-state index in [1.165, 1.54) is 17.7 Å². The van der Waals surface area contributed by atoms with Gasteiger partial charge in [-0.05, 0) is 49.9 Å². The molecule has 1 aliphatic rings. The van der Waals surface area contributed by atoms with Gasteiger partial charge in [-0.2, -0.15) is 0 Å². The molecule has 0 atom stereocenters. The molecule has 0 saturated heterocycles. The van der Waals surface area contributed by atoms with Crippen LogP contribution in [0.2, 0.25) is 0 Å². The van der Waals surface area contributed by atoms with Crippen LogP contribution >= 0.6 is 11.3 Å². The summed E-state index contributed by atoms with van der Waals surface area (Å²) in [5.74, 6) is -0.127. The number of nitrogens with zero attached hydrogens (tertiary/aromatic N) is 1. The van der Waals surface area contributed by atoms with E-state index in [0.29, 0.717) is 10.7 Å². The second-order valence-electron chi connectivity index (χ2n) is 6.36. The summed E-state index contributed by atoms with van der Waals surface area (Å²) in [7, 11) is 0. The maximum atomic E-state index is 12.7. The molecule has 0 fully saturated rings. The smallest absolute Gasteiger partial charge is 0.257 e. The van der Waals surface area contributed by atoms with E-state index in [1.807, 2.05) is 36.4 Å². The SMILES string of the molecule is O=C(Nc1nc2c(s1)CCCC2)c1ccc2oc3ccccc3c2c1.